The molecule has 1 aromatic carbocycles. The Morgan fingerprint density at radius 3 is 2.76 bits per heavy atom. The number of anilines is 1. The van der Waals surface area contributed by atoms with Gasteiger partial charge in [0.2, 0.25) is 0 Å². The molecule has 4 nitrogen and oxygen atoms in total. The van der Waals surface area contributed by atoms with Crippen LogP contribution in [0.15, 0.2) is 27.5 Å². The van der Waals surface area contributed by atoms with Crippen molar-refractivity contribution in [3.05, 3.63) is 23.2 Å². The molecule has 0 bridgehead atoms. The highest BCUT2D eigenvalue weighted by molar-refractivity contribution is 7.90. The summed E-state index contributed by atoms with van der Waals surface area (Å²) >= 11 is 5.78. The van der Waals surface area contributed by atoms with E-state index in [-0.39, 0.29) is 4.90 Å². The van der Waals surface area contributed by atoms with Gasteiger partial charge in [0.05, 0.1) is 5.69 Å². The van der Waals surface area contributed by atoms with Gasteiger partial charge in [-0.3, -0.25) is 0 Å². The number of nitrogens with zero attached hydrogens (tertiary/aromatic N) is 1. The van der Waals surface area contributed by atoms with Crippen LogP contribution < -0.4 is 5.32 Å². The van der Waals surface area contributed by atoms with Crippen LogP contribution in [0, 0.1) is 5.92 Å². The van der Waals surface area contributed by atoms with Gasteiger partial charge in [0.1, 0.15) is 10.7 Å². The highest BCUT2D eigenvalue weighted by atomic mass is 35.5. The number of amidine groups is 1. The maximum atomic E-state index is 11.9. The number of hydrogen-bond donors (Lipinski definition) is 1. The molecule has 0 fully saturated rings. The normalized spacial score (nSPS) is 17.3. The number of hydrogen-bond acceptors (Lipinski definition) is 3. The fourth-order valence-corrected chi connectivity index (χ4v) is 3.08. The number of nitrogens with one attached hydrogen (secondary N) is 1. The third-order valence-electron chi connectivity index (χ3n) is 2.33. The Morgan fingerprint density at radius 2 is 2.12 bits per heavy atom. The molecule has 17 heavy (non-hydrogen) atoms. The van der Waals surface area contributed by atoms with E-state index in [9.17, 15) is 8.42 Å². The molecule has 0 aliphatic carbocycles. The summed E-state index contributed by atoms with van der Waals surface area (Å²) in [6.45, 7) is 4.02. The van der Waals surface area contributed by atoms with Crippen molar-refractivity contribution in [2.24, 2.45) is 10.3 Å². The van der Waals surface area contributed by atoms with Gasteiger partial charge >= 0.3 is 0 Å². The lowest BCUT2D eigenvalue weighted by atomic mass is 10.1. The number of benzene rings is 1. The van der Waals surface area contributed by atoms with E-state index in [0.29, 0.717) is 28.9 Å². The van der Waals surface area contributed by atoms with E-state index < -0.39 is 10.0 Å². The zero-order valence-corrected chi connectivity index (χ0v) is 11.1. The van der Waals surface area contributed by atoms with E-state index in [2.05, 4.69) is 9.71 Å². The van der Waals surface area contributed by atoms with Crippen molar-refractivity contribution >= 4 is 33.1 Å². The van der Waals surface area contributed by atoms with E-state index in [4.69, 9.17) is 11.6 Å². The first-order valence-corrected chi connectivity index (χ1v) is 7.11. The third kappa shape index (κ3) is 2.61. The molecule has 1 aliphatic rings. The fraction of sp³-hybridized carbons (Fsp3) is 0.364. The van der Waals surface area contributed by atoms with Crippen LogP contribution in [-0.2, 0) is 10.0 Å². The summed E-state index contributed by atoms with van der Waals surface area (Å²) in [6, 6.07) is 4.72. The summed E-state index contributed by atoms with van der Waals surface area (Å²) in [5, 5.41) is 3.41. The largest absolute Gasteiger partial charge is 0.342 e. The van der Waals surface area contributed by atoms with E-state index in [1.165, 1.54) is 6.07 Å². The summed E-state index contributed by atoms with van der Waals surface area (Å²) in [4.78, 5) is 0.137. The number of halogens is 1. The average molecular weight is 273 g/mol. The molecule has 6 heteroatoms. The lowest BCUT2D eigenvalue weighted by molar-refractivity contribution is 0.597. The monoisotopic (exact) mass is 272 g/mol. The summed E-state index contributed by atoms with van der Waals surface area (Å²) in [5.41, 5.74) is 0.542. The average Bonchev–Trinajstić information content (AvgIpc) is 2.17. The first-order chi connectivity index (χ1) is 7.88. The molecule has 0 spiro atoms. The van der Waals surface area contributed by atoms with E-state index in [1.54, 1.807) is 12.1 Å². The van der Waals surface area contributed by atoms with Crippen molar-refractivity contribution in [2.75, 3.05) is 5.32 Å². The lowest BCUT2D eigenvalue weighted by Gasteiger charge is -2.19. The van der Waals surface area contributed by atoms with E-state index in [0.717, 1.165) is 0 Å². The number of sulfonamides is 1. The van der Waals surface area contributed by atoms with Gasteiger partial charge in [-0.25, -0.2) is 0 Å². The van der Waals surface area contributed by atoms with Crippen LogP contribution in [0.5, 0.6) is 0 Å². The lowest BCUT2D eigenvalue weighted by Crippen LogP contribution is -2.22. The second-order valence-corrected chi connectivity index (χ2v) is 6.39. The number of rotatable bonds is 2. The summed E-state index contributed by atoms with van der Waals surface area (Å²) in [5.74, 6) is 0.820. The molecule has 1 aliphatic heterocycles. The van der Waals surface area contributed by atoms with Gasteiger partial charge < -0.3 is 5.32 Å². The van der Waals surface area contributed by atoms with Crippen molar-refractivity contribution in [3.8, 4) is 0 Å². The Balaban J connectivity index is 2.47. The molecule has 1 heterocycles. The SMILES string of the molecule is CC(C)CC1=NS(=O)(=O)c2cc(Cl)ccc2N1. The molecule has 0 radical (unpaired) electrons. The first kappa shape index (κ1) is 12.4. The second-order valence-electron chi connectivity index (χ2n) is 4.38. The van der Waals surface area contributed by atoms with Crippen LogP contribution in [0.1, 0.15) is 20.3 Å². The van der Waals surface area contributed by atoms with Crippen LogP contribution in [0.2, 0.25) is 5.02 Å². The van der Waals surface area contributed by atoms with Gasteiger partial charge in [0.15, 0.2) is 0 Å². The van der Waals surface area contributed by atoms with Crippen molar-refractivity contribution in [1.29, 1.82) is 0 Å². The van der Waals surface area contributed by atoms with Gasteiger partial charge in [-0.2, -0.15) is 8.42 Å². The van der Waals surface area contributed by atoms with E-state index in [1.807, 2.05) is 13.8 Å². The maximum absolute atomic E-state index is 11.9. The van der Waals surface area contributed by atoms with Crippen LogP contribution in [0.4, 0.5) is 5.69 Å². The molecule has 0 saturated carbocycles. The summed E-state index contributed by atoms with van der Waals surface area (Å²) in [6.07, 6.45) is 0.599. The molecule has 1 N–H and O–H groups in total. The molecule has 0 aromatic heterocycles. The fourth-order valence-electron chi connectivity index (χ4n) is 1.66. The van der Waals surface area contributed by atoms with Gasteiger partial charge in [-0.1, -0.05) is 25.4 Å². The minimum Gasteiger partial charge on any atom is -0.342 e. The highest BCUT2D eigenvalue weighted by Gasteiger charge is 2.25. The summed E-state index contributed by atoms with van der Waals surface area (Å²) in [7, 11) is -3.62. The van der Waals surface area contributed by atoms with Crippen LogP contribution in [-0.4, -0.2) is 14.3 Å². The summed E-state index contributed by atoms with van der Waals surface area (Å²) < 4.78 is 27.6. The Morgan fingerprint density at radius 1 is 1.41 bits per heavy atom. The maximum Gasteiger partial charge on any atom is 0.286 e. The van der Waals surface area contributed by atoms with Crippen LogP contribution in [0.25, 0.3) is 0 Å². The minimum absolute atomic E-state index is 0.137. The van der Waals surface area contributed by atoms with E-state index >= 15 is 0 Å². The zero-order chi connectivity index (χ0) is 12.6. The Bertz CT molecular complexity index is 579. The predicted octanol–water partition coefficient (Wildman–Crippen LogP) is 2.90. The molecule has 0 saturated heterocycles. The topological polar surface area (TPSA) is 58.5 Å². The molecule has 2 rings (SSSR count). The highest BCUT2D eigenvalue weighted by Crippen LogP contribution is 2.30. The van der Waals surface area contributed by atoms with Crippen molar-refractivity contribution in [3.63, 3.8) is 0 Å². The zero-order valence-electron chi connectivity index (χ0n) is 9.57. The van der Waals surface area contributed by atoms with Crippen molar-refractivity contribution < 1.29 is 8.42 Å². The Labute approximate surface area is 106 Å². The molecular weight excluding hydrogens is 260 g/mol. The molecule has 0 amide bonds. The Hall–Kier alpha value is -1.07. The predicted molar refractivity (Wildman–Crippen MR) is 69.2 cm³/mol. The van der Waals surface area contributed by atoms with Gasteiger partial charge in [-0.05, 0) is 24.1 Å². The van der Waals surface area contributed by atoms with Gasteiger partial charge in [0.25, 0.3) is 10.0 Å². The molecule has 0 atom stereocenters. The Kier molecular flexibility index (Phi) is 3.14. The molecule has 0 unspecified atom stereocenters. The van der Waals surface area contributed by atoms with Crippen molar-refractivity contribution in [2.45, 2.75) is 25.2 Å². The third-order valence-corrected chi connectivity index (χ3v) is 3.92. The quantitative estimate of drug-likeness (QED) is 0.901. The molecule has 1 aromatic rings. The van der Waals surface area contributed by atoms with Crippen LogP contribution >= 0.6 is 11.6 Å². The van der Waals surface area contributed by atoms with Crippen molar-refractivity contribution in [1.82, 2.24) is 0 Å². The smallest absolute Gasteiger partial charge is 0.286 e. The second kappa shape index (κ2) is 4.31. The number of fused-ring (bicyclic) bond motifs is 1. The first-order valence-electron chi connectivity index (χ1n) is 5.29. The van der Waals surface area contributed by atoms with Crippen LogP contribution in [0.3, 0.4) is 0 Å². The minimum atomic E-state index is -3.62. The van der Waals surface area contributed by atoms with Gasteiger partial charge in [0, 0.05) is 11.4 Å². The van der Waals surface area contributed by atoms with Gasteiger partial charge in [-0.15, -0.1) is 4.40 Å². The molecule has 92 valence electrons. The standard InChI is InChI=1S/C11H13ClN2O2S/c1-7(2)5-11-13-9-4-3-8(12)6-10(9)17(15,16)14-11/h3-4,6-7H,5H2,1-2H3,(H,13,14). The molecular formula is C11H13ClN2O2S.